The van der Waals surface area contributed by atoms with Gasteiger partial charge in [0.1, 0.15) is 6.61 Å². The number of nitrogens with zero attached hydrogens (tertiary/aromatic N) is 1. The normalized spacial score (nSPS) is 22.7. The molecule has 1 saturated heterocycles. The van der Waals surface area contributed by atoms with Crippen LogP contribution in [-0.2, 0) is 14.3 Å². The lowest BCUT2D eigenvalue weighted by Crippen LogP contribution is -2.54. The van der Waals surface area contributed by atoms with Crippen molar-refractivity contribution in [3.63, 3.8) is 0 Å². The highest BCUT2D eigenvalue weighted by atomic mass is 79.9. The Kier molecular flexibility index (Phi) is 4.91. The fourth-order valence-electron chi connectivity index (χ4n) is 2.50. The molecule has 0 bridgehead atoms. The first kappa shape index (κ1) is 16.3. The van der Waals surface area contributed by atoms with Gasteiger partial charge in [-0.25, -0.2) is 4.79 Å². The van der Waals surface area contributed by atoms with Gasteiger partial charge in [0.15, 0.2) is 6.10 Å². The summed E-state index contributed by atoms with van der Waals surface area (Å²) in [5.74, 6) is -1.36. The Morgan fingerprint density at radius 3 is 2.76 bits per heavy atom. The third-order valence-corrected chi connectivity index (χ3v) is 4.17. The molecule has 114 valence electrons. The highest BCUT2D eigenvalue weighted by Crippen LogP contribution is 2.37. The molecule has 0 aromatic heterocycles. The molecule has 1 N–H and O–H groups in total. The van der Waals surface area contributed by atoms with Gasteiger partial charge in [0.2, 0.25) is 5.91 Å². The van der Waals surface area contributed by atoms with E-state index in [4.69, 9.17) is 16.3 Å². The molecule has 2 rings (SSSR count). The second-order valence-corrected chi connectivity index (χ2v) is 6.40. The van der Waals surface area contributed by atoms with Crippen molar-refractivity contribution in [3.05, 3.63) is 33.3 Å². The first-order valence-corrected chi connectivity index (χ1v) is 7.60. The van der Waals surface area contributed by atoms with Crippen molar-refractivity contribution in [2.45, 2.75) is 32.0 Å². The highest BCUT2D eigenvalue weighted by Gasteiger charge is 2.43. The third kappa shape index (κ3) is 3.22. The molecule has 1 heterocycles. The van der Waals surface area contributed by atoms with E-state index in [-0.39, 0.29) is 18.6 Å². The topological polar surface area (TPSA) is 66.8 Å². The van der Waals surface area contributed by atoms with Gasteiger partial charge < -0.3 is 14.7 Å². The van der Waals surface area contributed by atoms with Crippen LogP contribution < -0.4 is 0 Å². The summed E-state index contributed by atoms with van der Waals surface area (Å²) in [5.41, 5.74) is 0.556. The Balaban J connectivity index is 2.56. The minimum Gasteiger partial charge on any atom is -0.479 e. The van der Waals surface area contributed by atoms with E-state index < -0.39 is 18.1 Å². The van der Waals surface area contributed by atoms with Crippen LogP contribution in [-0.4, -0.2) is 40.6 Å². The van der Waals surface area contributed by atoms with Crippen molar-refractivity contribution in [3.8, 4) is 0 Å². The Morgan fingerprint density at radius 2 is 2.19 bits per heavy atom. The second kappa shape index (κ2) is 6.34. The van der Waals surface area contributed by atoms with Gasteiger partial charge >= 0.3 is 5.97 Å². The smallest absolute Gasteiger partial charge is 0.335 e. The first-order valence-electron chi connectivity index (χ1n) is 6.43. The summed E-state index contributed by atoms with van der Waals surface area (Å²) >= 11 is 9.55. The van der Waals surface area contributed by atoms with E-state index in [1.54, 1.807) is 18.2 Å². The Labute approximate surface area is 136 Å². The van der Waals surface area contributed by atoms with Crippen LogP contribution in [0.2, 0.25) is 5.02 Å². The van der Waals surface area contributed by atoms with E-state index in [0.29, 0.717) is 10.6 Å². The van der Waals surface area contributed by atoms with E-state index in [1.807, 2.05) is 13.8 Å². The average Bonchev–Trinajstić information content (AvgIpc) is 2.40. The zero-order valence-corrected chi connectivity index (χ0v) is 13.9. The molecule has 0 radical (unpaired) electrons. The number of hydrogen-bond acceptors (Lipinski definition) is 3. The van der Waals surface area contributed by atoms with Crippen LogP contribution in [0.1, 0.15) is 25.5 Å². The lowest BCUT2D eigenvalue weighted by molar-refractivity contribution is -0.175. The second-order valence-electron chi connectivity index (χ2n) is 5.08. The number of hydrogen-bond donors (Lipinski definition) is 1. The summed E-state index contributed by atoms with van der Waals surface area (Å²) in [6.45, 7) is 3.43. The van der Waals surface area contributed by atoms with Crippen LogP contribution in [0.25, 0.3) is 0 Å². The summed E-state index contributed by atoms with van der Waals surface area (Å²) in [7, 11) is 0. The number of carbonyl (C=O) groups excluding carboxylic acids is 1. The molecule has 1 aromatic carbocycles. The summed E-state index contributed by atoms with van der Waals surface area (Å²) in [4.78, 5) is 25.2. The lowest BCUT2D eigenvalue weighted by atomic mass is 9.96. The van der Waals surface area contributed by atoms with Gasteiger partial charge in [0.25, 0.3) is 0 Å². The molecular formula is C14H15BrClNO4. The summed E-state index contributed by atoms with van der Waals surface area (Å²) < 4.78 is 5.99. The van der Waals surface area contributed by atoms with Gasteiger partial charge in [-0.1, -0.05) is 27.5 Å². The Hall–Kier alpha value is -1.11. The minimum atomic E-state index is -1.14. The van der Waals surface area contributed by atoms with Gasteiger partial charge in [-0.2, -0.15) is 0 Å². The molecule has 5 nitrogen and oxygen atoms in total. The van der Waals surface area contributed by atoms with E-state index in [2.05, 4.69) is 15.9 Å². The zero-order chi connectivity index (χ0) is 15.7. The van der Waals surface area contributed by atoms with E-state index >= 15 is 0 Å². The molecule has 1 aliphatic rings. The van der Waals surface area contributed by atoms with Crippen LogP contribution in [0, 0.1) is 0 Å². The number of ether oxygens (including phenoxy) is 1. The van der Waals surface area contributed by atoms with Crippen molar-refractivity contribution >= 4 is 39.4 Å². The molecule has 1 aromatic rings. The molecular weight excluding hydrogens is 362 g/mol. The van der Waals surface area contributed by atoms with Gasteiger partial charge in [-0.3, -0.25) is 4.79 Å². The van der Waals surface area contributed by atoms with Gasteiger partial charge in [-0.05, 0) is 37.6 Å². The molecule has 2 unspecified atom stereocenters. The van der Waals surface area contributed by atoms with Crippen LogP contribution in [0.3, 0.4) is 0 Å². The largest absolute Gasteiger partial charge is 0.479 e. The molecule has 2 atom stereocenters. The van der Waals surface area contributed by atoms with Gasteiger partial charge in [-0.15, -0.1) is 0 Å². The lowest BCUT2D eigenvalue weighted by Gasteiger charge is -2.42. The fourth-order valence-corrected chi connectivity index (χ4v) is 3.11. The number of morpholine rings is 1. The maximum absolute atomic E-state index is 12.1. The number of carboxylic acids is 1. The predicted octanol–water partition coefficient (Wildman–Crippen LogP) is 2.86. The SMILES string of the molecule is CC(C)N1C(=O)COC(C(=O)O)C1c1cc(Br)ccc1Cl. The van der Waals surface area contributed by atoms with Crippen LogP contribution >= 0.6 is 27.5 Å². The zero-order valence-electron chi connectivity index (χ0n) is 11.5. The number of carboxylic acid groups (broad SMARTS) is 1. The van der Waals surface area contributed by atoms with E-state index in [9.17, 15) is 14.7 Å². The number of rotatable bonds is 3. The summed E-state index contributed by atoms with van der Waals surface area (Å²) in [5, 5.41) is 9.80. The first-order chi connectivity index (χ1) is 9.82. The quantitative estimate of drug-likeness (QED) is 0.881. The maximum atomic E-state index is 12.1. The highest BCUT2D eigenvalue weighted by molar-refractivity contribution is 9.10. The number of aliphatic carboxylic acids is 1. The third-order valence-electron chi connectivity index (χ3n) is 3.34. The molecule has 0 aliphatic carbocycles. The van der Waals surface area contributed by atoms with Crippen molar-refractivity contribution in [1.29, 1.82) is 0 Å². The summed E-state index contributed by atoms with van der Waals surface area (Å²) in [6, 6.07) is 4.22. The molecule has 0 saturated carbocycles. The molecule has 1 fully saturated rings. The fraction of sp³-hybridized carbons (Fsp3) is 0.429. The Bertz CT molecular complexity index is 578. The summed E-state index contributed by atoms with van der Waals surface area (Å²) in [6.07, 6.45) is -1.14. The number of carbonyl (C=O) groups is 2. The monoisotopic (exact) mass is 375 g/mol. The predicted molar refractivity (Wildman–Crippen MR) is 81.3 cm³/mol. The van der Waals surface area contributed by atoms with E-state index in [1.165, 1.54) is 4.90 Å². The molecule has 1 amide bonds. The molecule has 0 spiro atoms. The minimum absolute atomic E-state index is 0.164. The van der Waals surface area contributed by atoms with Crippen molar-refractivity contribution in [1.82, 2.24) is 4.90 Å². The number of halogens is 2. The molecule has 21 heavy (non-hydrogen) atoms. The van der Waals surface area contributed by atoms with Gasteiger partial charge in [0, 0.05) is 15.5 Å². The Morgan fingerprint density at radius 1 is 1.52 bits per heavy atom. The van der Waals surface area contributed by atoms with Crippen molar-refractivity contribution in [2.75, 3.05) is 6.61 Å². The van der Waals surface area contributed by atoms with Crippen LogP contribution in [0.4, 0.5) is 0 Å². The number of amides is 1. The average molecular weight is 377 g/mol. The number of benzene rings is 1. The maximum Gasteiger partial charge on any atom is 0.335 e. The van der Waals surface area contributed by atoms with Crippen molar-refractivity contribution < 1.29 is 19.4 Å². The van der Waals surface area contributed by atoms with Gasteiger partial charge in [0.05, 0.1) is 6.04 Å². The van der Waals surface area contributed by atoms with Crippen LogP contribution in [0.5, 0.6) is 0 Å². The van der Waals surface area contributed by atoms with Crippen molar-refractivity contribution in [2.24, 2.45) is 0 Å². The standard InChI is InChI=1S/C14H15BrClNO4/c1-7(2)17-11(18)6-21-13(14(19)20)12(17)9-5-8(15)3-4-10(9)16/h3-5,7,12-13H,6H2,1-2H3,(H,19,20). The molecule has 7 heteroatoms. The van der Waals surface area contributed by atoms with Crippen LogP contribution in [0.15, 0.2) is 22.7 Å². The van der Waals surface area contributed by atoms with E-state index in [0.717, 1.165) is 4.47 Å². The molecule has 1 aliphatic heterocycles.